The first-order valence-corrected chi connectivity index (χ1v) is 6.79. The zero-order valence-corrected chi connectivity index (χ0v) is 12.0. The van der Waals surface area contributed by atoms with Gasteiger partial charge in [0.05, 0.1) is 17.4 Å². The van der Waals surface area contributed by atoms with E-state index < -0.39 is 0 Å². The second kappa shape index (κ2) is 5.71. The van der Waals surface area contributed by atoms with Crippen LogP contribution < -0.4 is 5.43 Å². The van der Waals surface area contributed by atoms with E-state index in [-0.39, 0.29) is 0 Å². The zero-order chi connectivity index (χ0) is 14.7. The monoisotopic (exact) mass is 276 g/mol. The van der Waals surface area contributed by atoms with Crippen molar-refractivity contribution in [2.75, 3.05) is 5.43 Å². The quantitative estimate of drug-likeness (QED) is 0.586. The molecule has 0 aliphatic heterocycles. The number of pyridine rings is 2. The van der Waals surface area contributed by atoms with E-state index in [4.69, 9.17) is 0 Å². The van der Waals surface area contributed by atoms with Crippen molar-refractivity contribution in [1.82, 2.24) is 9.97 Å². The summed E-state index contributed by atoms with van der Waals surface area (Å²) in [6.45, 7) is 4.05. The van der Waals surface area contributed by atoms with Crippen molar-refractivity contribution in [3.8, 4) is 0 Å². The fourth-order valence-electron chi connectivity index (χ4n) is 2.19. The highest BCUT2D eigenvalue weighted by Crippen LogP contribution is 2.24. The Morgan fingerprint density at radius 2 is 2.05 bits per heavy atom. The molecule has 4 nitrogen and oxygen atoms in total. The van der Waals surface area contributed by atoms with E-state index in [9.17, 15) is 0 Å². The van der Waals surface area contributed by atoms with Crippen LogP contribution in [0.2, 0.25) is 0 Å². The highest BCUT2D eigenvalue weighted by Gasteiger charge is 2.03. The average molecular weight is 276 g/mol. The number of rotatable bonds is 3. The van der Waals surface area contributed by atoms with Gasteiger partial charge in [-0.1, -0.05) is 17.7 Å². The van der Waals surface area contributed by atoms with Crippen molar-refractivity contribution in [3.63, 3.8) is 0 Å². The molecule has 3 aromatic rings. The number of aryl methyl sites for hydroxylation is 2. The fraction of sp³-hybridized carbons (Fsp3) is 0.118. The van der Waals surface area contributed by atoms with E-state index in [1.807, 2.05) is 31.2 Å². The maximum absolute atomic E-state index is 4.54. The molecule has 0 aliphatic rings. The largest absolute Gasteiger partial charge is 0.278 e. The summed E-state index contributed by atoms with van der Waals surface area (Å²) in [7, 11) is 0. The van der Waals surface area contributed by atoms with Crippen molar-refractivity contribution < 1.29 is 0 Å². The second-order valence-electron chi connectivity index (χ2n) is 4.99. The van der Waals surface area contributed by atoms with Crippen LogP contribution in [-0.2, 0) is 0 Å². The van der Waals surface area contributed by atoms with E-state index in [0.29, 0.717) is 0 Å². The summed E-state index contributed by atoms with van der Waals surface area (Å²) in [5.74, 6) is 0. The van der Waals surface area contributed by atoms with Gasteiger partial charge in [-0.15, -0.1) is 0 Å². The van der Waals surface area contributed by atoms with Crippen LogP contribution in [-0.4, -0.2) is 16.2 Å². The van der Waals surface area contributed by atoms with Crippen molar-refractivity contribution >= 4 is 22.8 Å². The molecule has 0 atom stereocenters. The Balaban J connectivity index is 1.93. The van der Waals surface area contributed by atoms with E-state index >= 15 is 0 Å². The lowest BCUT2D eigenvalue weighted by Crippen LogP contribution is -1.95. The van der Waals surface area contributed by atoms with Gasteiger partial charge in [-0.2, -0.15) is 5.10 Å². The minimum absolute atomic E-state index is 0.955. The molecule has 104 valence electrons. The number of hydrogen-bond acceptors (Lipinski definition) is 4. The van der Waals surface area contributed by atoms with Gasteiger partial charge < -0.3 is 0 Å². The Morgan fingerprint density at radius 3 is 2.86 bits per heavy atom. The van der Waals surface area contributed by atoms with E-state index in [1.54, 1.807) is 18.6 Å². The molecule has 0 spiro atoms. The van der Waals surface area contributed by atoms with Crippen LogP contribution in [0.25, 0.3) is 10.9 Å². The Hall–Kier alpha value is -2.75. The van der Waals surface area contributed by atoms with Gasteiger partial charge in [0, 0.05) is 29.0 Å². The Kier molecular flexibility index (Phi) is 3.60. The Bertz CT molecular complexity index is 794. The highest BCUT2D eigenvalue weighted by atomic mass is 15.3. The molecular formula is C17H16N4. The number of nitrogens with zero attached hydrogens (tertiary/aromatic N) is 3. The van der Waals surface area contributed by atoms with Crippen LogP contribution in [0.4, 0.5) is 5.69 Å². The molecule has 0 saturated heterocycles. The van der Waals surface area contributed by atoms with Gasteiger partial charge in [-0.25, -0.2) is 0 Å². The lowest BCUT2D eigenvalue weighted by Gasteiger charge is -2.08. The standard InChI is InChI=1S/C17H16N4/c1-12-5-6-16-15(8-12)17(9-13(2)20-16)21-19-11-14-4-3-7-18-10-14/h3-11H,1-2H3,(H,20,21)/b19-11-. The number of hydrazone groups is 1. The molecule has 0 fully saturated rings. The molecule has 1 aromatic carbocycles. The molecule has 21 heavy (non-hydrogen) atoms. The van der Waals surface area contributed by atoms with Gasteiger partial charge in [0.1, 0.15) is 0 Å². The third kappa shape index (κ3) is 3.05. The van der Waals surface area contributed by atoms with Gasteiger partial charge in [0.2, 0.25) is 0 Å². The summed E-state index contributed by atoms with van der Waals surface area (Å²) in [6.07, 6.45) is 5.27. The van der Waals surface area contributed by atoms with Crippen molar-refractivity contribution in [2.45, 2.75) is 13.8 Å². The second-order valence-corrected chi connectivity index (χ2v) is 4.99. The summed E-state index contributed by atoms with van der Waals surface area (Å²) in [5.41, 5.74) is 8.16. The van der Waals surface area contributed by atoms with E-state index in [1.165, 1.54) is 5.56 Å². The van der Waals surface area contributed by atoms with Crippen LogP contribution in [0.5, 0.6) is 0 Å². The van der Waals surface area contributed by atoms with Crippen LogP contribution in [0.3, 0.4) is 0 Å². The van der Waals surface area contributed by atoms with Gasteiger partial charge in [0.25, 0.3) is 0 Å². The smallest absolute Gasteiger partial charge is 0.0726 e. The van der Waals surface area contributed by atoms with Gasteiger partial charge >= 0.3 is 0 Å². The molecule has 0 saturated carbocycles. The molecule has 0 bridgehead atoms. The van der Waals surface area contributed by atoms with Crippen LogP contribution in [0.1, 0.15) is 16.8 Å². The first kappa shape index (κ1) is 13.2. The third-order valence-electron chi connectivity index (χ3n) is 3.18. The predicted molar refractivity (Wildman–Crippen MR) is 86.7 cm³/mol. The summed E-state index contributed by atoms with van der Waals surface area (Å²) in [6, 6.07) is 12.1. The zero-order valence-electron chi connectivity index (χ0n) is 12.0. The Morgan fingerprint density at radius 1 is 1.14 bits per heavy atom. The SMILES string of the molecule is Cc1ccc2nc(C)cc(N/N=C\c3cccnc3)c2c1. The molecular weight excluding hydrogens is 260 g/mol. The number of nitrogens with one attached hydrogen (secondary N) is 1. The first-order chi connectivity index (χ1) is 10.2. The summed E-state index contributed by atoms with van der Waals surface area (Å²) in [5, 5.41) is 5.36. The summed E-state index contributed by atoms with van der Waals surface area (Å²) in [4.78, 5) is 8.60. The van der Waals surface area contributed by atoms with Gasteiger partial charge in [-0.3, -0.25) is 15.4 Å². The number of aromatic nitrogens is 2. The topological polar surface area (TPSA) is 50.2 Å². The normalized spacial score (nSPS) is 11.1. The fourth-order valence-corrected chi connectivity index (χ4v) is 2.19. The first-order valence-electron chi connectivity index (χ1n) is 6.79. The molecule has 2 aromatic heterocycles. The average Bonchev–Trinajstić information content (AvgIpc) is 2.49. The number of anilines is 1. The van der Waals surface area contributed by atoms with Crippen LogP contribution in [0, 0.1) is 13.8 Å². The maximum atomic E-state index is 4.54. The molecule has 1 N–H and O–H groups in total. The summed E-state index contributed by atoms with van der Waals surface area (Å²) < 4.78 is 0. The molecule has 0 amide bonds. The maximum Gasteiger partial charge on any atom is 0.0726 e. The van der Waals surface area contributed by atoms with Gasteiger partial charge in [0.15, 0.2) is 0 Å². The molecule has 3 rings (SSSR count). The van der Waals surface area contributed by atoms with Gasteiger partial charge in [-0.05, 0) is 38.1 Å². The molecule has 4 heteroatoms. The summed E-state index contributed by atoms with van der Waals surface area (Å²) >= 11 is 0. The Labute approximate surface area is 123 Å². The number of hydrogen-bond donors (Lipinski definition) is 1. The van der Waals surface area contributed by atoms with Crippen molar-refractivity contribution in [1.29, 1.82) is 0 Å². The highest BCUT2D eigenvalue weighted by molar-refractivity contribution is 5.92. The lowest BCUT2D eigenvalue weighted by atomic mass is 10.1. The lowest BCUT2D eigenvalue weighted by molar-refractivity contribution is 1.23. The van der Waals surface area contributed by atoms with Crippen LogP contribution >= 0.6 is 0 Å². The van der Waals surface area contributed by atoms with E-state index in [0.717, 1.165) is 27.8 Å². The molecule has 0 unspecified atom stereocenters. The van der Waals surface area contributed by atoms with Crippen molar-refractivity contribution in [2.24, 2.45) is 5.10 Å². The predicted octanol–water partition coefficient (Wildman–Crippen LogP) is 3.69. The third-order valence-corrected chi connectivity index (χ3v) is 3.18. The molecule has 0 aliphatic carbocycles. The molecule has 0 radical (unpaired) electrons. The van der Waals surface area contributed by atoms with Crippen molar-refractivity contribution in [3.05, 3.63) is 65.6 Å². The van der Waals surface area contributed by atoms with Crippen LogP contribution in [0.15, 0.2) is 53.9 Å². The minimum Gasteiger partial charge on any atom is -0.278 e. The minimum atomic E-state index is 0.955. The molecule has 2 heterocycles. The number of fused-ring (bicyclic) bond motifs is 1. The van der Waals surface area contributed by atoms with E-state index in [2.05, 4.69) is 39.6 Å². The number of benzene rings is 1.